The molecule has 5 atom stereocenters. The molecule has 26 heavy (non-hydrogen) atoms. The predicted octanol–water partition coefficient (Wildman–Crippen LogP) is 5.94. The van der Waals surface area contributed by atoms with Gasteiger partial charge in [0, 0.05) is 12.5 Å². The summed E-state index contributed by atoms with van der Waals surface area (Å²) in [5, 5.41) is 9.42. The van der Waals surface area contributed by atoms with Crippen LogP contribution >= 0.6 is 0 Å². The van der Waals surface area contributed by atoms with E-state index in [1.807, 2.05) is 6.92 Å². The maximum Gasteiger partial charge on any atom is 0.155 e. The third-order valence-electron chi connectivity index (χ3n) is 8.67. The fourth-order valence-electron chi connectivity index (χ4n) is 7.20. The summed E-state index contributed by atoms with van der Waals surface area (Å²) in [6, 6.07) is 2.50. The number of rotatable bonds is 8. The van der Waals surface area contributed by atoms with Gasteiger partial charge in [-0.1, -0.05) is 20.3 Å². The summed E-state index contributed by atoms with van der Waals surface area (Å²) in [5.74, 6) is 2.28. The van der Waals surface area contributed by atoms with Gasteiger partial charge in [-0.15, -0.1) is 0 Å². The molecule has 4 rings (SSSR count). The smallest absolute Gasteiger partial charge is 0.155 e. The Labute approximate surface area is 160 Å². The van der Waals surface area contributed by atoms with E-state index in [0.717, 1.165) is 12.3 Å². The van der Waals surface area contributed by atoms with E-state index in [9.17, 15) is 5.26 Å². The molecule has 4 saturated carbocycles. The van der Waals surface area contributed by atoms with Gasteiger partial charge in [0.2, 0.25) is 0 Å². The maximum atomic E-state index is 9.42. The normalized spacial score (nSPS) is 42.9. The predicted molar refractivity (Wildman–Crippen MR) is 104 cm³/mol. The average Bonchev–Trinajstić information content (AvgIpc) is 2.59. The molecule has 0 aromatic carbocycles. The van der Waals surface area contributed by atoms with Crippen molar-refractivity contribution in [3.63, 3.8) is 0 Å². The van der Waals surface area contributed by atoms with E-state index in [2.05, 4.69) is 40.7 Å². The number of hydrogen-bond donors (Lipinski definition) is 0. The van der Waals surface area contributed by atoms with Crippen molar-refractivity contribution >= 4 is 0 Å². The van der Waals surface area contributed by atoms with Gasteiger partial charge in [0.25, 0.3) is 0 Å². The second-order valence-corrected chi connectivity index (χ2v) is 10.1. The van der Waals surface area contributed by atoms with Gasteiger partial charge in [-0.25, -0.2) is 0 Å². The average molecular weight is 362 g/mol. The van der Waals surface area contributed by atoms with Crippen LogP contribution in [0.15, 0.2) is 0 Å². The molecule has 0 aromatic heterocycles. The van der Waals surface area contributed by atoms with Gasteiger partial charge in [-0.05, 0) is 94.8 Å². The number of nitriles is 1. The van der Waals surface area contributed by atoms with Crippen LogP contribution in [-0.4, -0.2) is 18.5 Å². The number of nitrogens with zero attached hydrogens (tertiary/aromatic N) is 1. The molecule has 0 amide bonds. The Morgan fingerprint density at radius 3 is 2.27 bits per heavy atom. The Hall–Kier alpha value is -0.590. The van der Waals surface area contributed by atoms with Gasteiger partial charge in [0.15, 0.2) is 6.29 Å². The summed E-state index contributed by atoms with van der Waals surface area (Å²) in [7, 11) is 0. The van der Waals surface area contributed by atoms with E-state index in [1.165, 1.54) is 38.5 Å². The summed E-state index contributed by atoms with van der Waals surface area (Å²) in [5.41, 5.74) is 0.635. The van der Waals surface area contributed by atoms with Gasteiger partial charge >= 0.3 is 0 Å². The van der Waals surface area contributed by atoms with Crippen LogP contribution in [0.1, 0.15) is 86.5 Å². The minimum Gasteiger partial charge on any atom is -0.353 e. The second kappa shape index (κ2) is 7.10. The van der Waals surface area contributed by atoms with Crippen LogP contribution in [0.25, 0.3) is 0 Å². The minimum atomic E-state index is -0.116. The number of hydrogen-bond acceptors (Lipinski definition) is 3. The van der Waals surface area contributed by atoms with Crippen molar-refractivity contribution in [3.05, 3.63) is 0 Å². The Morgan fingerprint density at radius 1 is 1.15 bits per heavy atom. The van der Waals surface area contributed by atoms with Crippen LogP contribution in [0.2, 0.25) is 0 Å². The minimum absolute atomic E-state index is 0.0372. The summed E-state index contributed by atoms with van der Waals surface area (Å²) in [6.07, 6.45) is 8.67. The van der Waals surface area contributed by atoms with Crippen molar-refractivity contribution < 1.29 is 9.47 Å². The van der Waals surface area contributed by atoms with Crippen LogP contribution in [0.5, 0.6) is 0 Å². The first-order chi connectivity index (χ1) is 12.2. The van der Waals surface area contributed by atoms with Crippen molar-refractivity contribution in [1.82, 2.24) is 0 Å². The molecule has 4 aliphatic carbocycles. The van der Waals surface area contributed by atoms with E-state index in [0.29, 0.717) is 23.9 Å². The molecule has 3 nitrogen and oxygen atoms in total. The molecule has 0 aliphatic heterocycles. The zero-order valence-corrected chi connectivity index (χ0v) is 17.8. The lowest BCUT2D eigenvalue weighted by Crippen LogP contribution is -2.64. The highest BCUT2D eigenvalue weighted by atomic mass is 16.7. The standard InChI is InChI=1S/C23H39NO2/c1-7-21(5,11-16(3)15-24)23-12-18-9-19(13-23)22(6,20(10-18)14-23)26-17(4)25-8-2/h16-20H,7-14H2,1-6H3. The molecule has 4 fully saturated rings. The summed E-state index contributed by atoms with van der Waals surface area (Å²) in [6.45, 7) is 14.1. The topological polar surface area (TPSA) is 42.2 Å². The zero-order chi connectivity index (χ0) is 19.2. The van der Waals surface area contributed by atoms with Crippen LogP contribution in [-0.2, 0) is 9.47 Å². The van der Waals surface area contributed by atoms with Crippen molar-refractivity contribution in [1.29, 1.82) is 5.26 Å². The van der Waals surface area contributed by atoms with Gasteiger partial charge in [0.1, 0.15) is 0 Å². The molecule has 0 saturated heterocycles. The number of ether oxygens (including phenoxy) is 2. The molecule has 4 aliphatic rings. The molecule has 5 unspecified atom stereocenters. The highest BCUT2D eigenvalue weighted by Crippen LogP contribution is 2.70. The van der Waals surface area contributed by atoms with Gasteiger partial charge in [-0.2, -0.15) is 5.26 Å². The first kappa shape index (κ1) is 20.2. The molecule has 0 N–H and O–H groups in total. The van der Waals surface area contributed by atoms with Crippen LogP contribution in [0, 0.1) is 45.8 Å². The van der Waals surface area contributed by atoms with Gasteiger partial charge < -0.3 is 9.47 Å². The molecule has 0 heterocycles. The first-order valence-electron chi connectivity index (χ1n) is 10.9. The van der Waals surface area contributed by atoms with Crippen molar-refractivity contribution in [2.75, 3.05) is 6.61 Å². The van der Waals surface area contributed by atoms with Crippen molar-refractivity contribution in [2.45, 2.75) is 98.4 Å². The third-order valence-corrected chi connectivity index (χ3v) is 8.67. The van der Waals surface area contributed by atoms with Crippen LogP contribution in [0.3, 0.4) is 0 Å². The van der Waals surface area contributed by atoms with E-state index in [-0.39, 0.29) is 23.2 Å². The highest BCUT2D eigenvalue weighted by molar-refractivity contribution is 5.15. The third kappa shape index (κ3) is 3.12. The molecular weight excluding hydrogens is 322 g/mol. The zero-order valence-electron chi connectivity index (χ0n) is 17.8. The summed E-state index contributed by atoms with van der Waals surface area (Å²) in [4.78, 5) is 0. The molecule has 3 heteroatoms. The SMILES string of the molecule is CCOC(C)OC1(C)C2CC3CC1CC(C(C)(CC)CC(C)C#N)(C3)C2. The van der Waals surface area contributed by atoms with E-state index < -0.39 is 0 Å². The lowest BCUT2D eigenvalue weighted by molar-refractivity contribution is -0.291. The second-order valence-electron chi connectivity index (χ2n) is 10.1. The van der Waals surface area contributed by atoms with E-state index >= 15 is 0 Å². The van der Waals surface area contributed by atoms with Crippen molar-refractivity contribution in [2.24, 2.45) is 34.5 Å². The van der Waals surface area contributed by atoms with Gasteiger partial charge in [0.05, 0.1) is 11.7 Å². The Balaban J connectivity index is 1.86. The summed E-state index contributed by atoms with van der Waals surface area (Å²) >= 11 is 0. The molecule has 0 radical (unpaired) electrons. The molecule has 0 aromatic rings. The Kier molecular flexibility index (Phi) is 5.50. The van der Waals surface area contributed by atoms with E-state index in [1.54, 1.807) is 0 Å². The monoisotopic (exact) mass is 361 g/mol. The lowest BCUT2D eigenvalue weighted by Gasteiger charge is -2.68. The Morgan fingerprint density at radius 2 is 1.77 bits per heavy atom. The highest BCUT2D eigenvalue weighted by Gasteiger charge is 2.65. The molecule has 148 valence electrons. The maximum absolute atomic E-state index is 9.42. The summed E-state index contributed by atoms with van der Waals surface area (Å²) < 4.78 is 12.3. The largest absolute Gasteiger partial charge is 0.353 e. The first-order valence-corrected chi connectivity index (χ1v) is 10.9. The van der Waals surface area contributed by atoms with Gasteiger partial charge in [-0.3, -0.25) is 0 Å². The molecule has 0 spiro atoms. The van der Waals surface area contributed by atoms with E-state index in [4.69, 9.17) is 9.47 Å². The molecule has 4 bridgehead atoms. The fourth-order valence-corrected chi connectivity index (χ4v) is 7.20. The van der Waals surface area contributed by atoms with Crippen LogP contribution < -0.4 is 0 Å². The van der Waals surface area contributed by atoms with Crippen molar-refractivity contribution in [3.8, 4) is 6.07 Å². The Bertz CT molecular complexity index is 537. The molecular formula is C23H39NO2. The van der Waals surface area contributed by atoms with Crippen LogP contribution in [0.4, 0.5) is 0 Å². The fraction of sp³-hybridized carbons (Fsp3) is 0.957. The lowest BCUT2D eigenvalue weighted by atomic mass is 9.38. The quantitative estimate of drug-likeness (QED) is 0.503.